The Balaban J connectivity index is 3.10. The van der Waals surface area contributed by atoms with E-state index in [9.17, 15) is 19.5 Å². The maximum atomic E-state index is 11.8. The number of hydrogen-bond acceptors (Lipinski definition) is 4. The van der Waals surface area contributed by atoms with E-state index in [2.05, 4.69) is 0 Å². The van der Waals surface area contributed by atoms with E-state index < -0.39 is 17.7 Å². The summed E-state index contributed by atoms with van der Waals surface area (Å²) in [4.78, 5) is 33.6. The van der Waals surface area contributed by atoms with Gasteiger partial charge in [0.2, 0.25) is 5.91 Å². The normalized spacial score (nSPS) is 11.9. The fourth-order valence-corrected chi connectivity index (χ4v) is 2.49. The first-order valence-electron chi connectivity index (χ1n) is 8.24. The van der Waals surface area contributed by atoms with Crippen LogP contribution in [0, 0.1) is 0 Å². The molecule has 0 bridgehead atoms. The van der Waals surface area contributed by atoms with Crippen molar-refractivity contribution in [1.82, 2.24) is 5.32 Å². The summed E-state index contributed by atoms with van der Waals surface area (Å²) in [5.41, 5.74) is 6.79. The van der Waals surface area contributed by atoms with Gasteiger partial charge in [0.25, 0.3) is 0 Å². The molecule has 0 aliphatic heterocycles. The Hall–Kier alpha value is -2.37. The molecule has 0 saturated heterocycles. The van der Waals surface area contributed by atoms with Crippen molar-refractivity contribution in [1.29, 1.82) is 0 Å². The topological polar surface area (TPSA) is 109 Å². The molecule has 6 nitrogen and oxygen atoms in total. The van der Waals surface area contributed by atoms with E-state index in [0.717, 1.165) is 16.7 Å². The molecular weight excluding hydrogens is 320 g/mol. The van der Waals surface area contributed by atoms with E-state index in [1.165, 1.54) is 0 Å². The smallest absolute Gasteiger partial charge is 0.315 e. The molecule has 25 heavy (non-hydrogen) atoms. The Morgan fingerprint density at radius 1 is 1.00 bits per heavy atom. The first kappa shape index (κ1) is 20.7. The third-order valence-corrected chi connectivity index (χ3v) is 3.90. The fraction of sp³-hybridized carbons (Fsp3) is 0.526. The van der Waals surface area contributed by atoms with Crippen molar-refractivity contribution in [3.05, 3.63) is 28.8 Å². The maximum absolute atomic E-state index is 11.8. The van der Waals surface area contributed by atoms with Crippen molar-refractivity contribution < 1.29 is 19.5 Å². The first-order chi connectivity index (χ1) is 11.2. The Bertz CT molecular complexity index is 659. The molecule has 0 heterocycles. The molecule has 6 heteroatoms. The number of carbonyl (C=O) groups is 3. The van der Waals surface area contributed by atoms with Gasteiger partial charge in [-0.05, 0) is 33.9 Å². The van der Waals surface area contributed by atoms with Gasteiger partial charge in [-0.15, -0.1) is 0 Å². The minimum absolute atomic E-state index is 0.0387. The minimum atomic E-state index is -1.19. The number of nitrogens with two attached hydrogens (primary N) is 1. The van der Waals surface area contributed by atoms with Crippen LogP contribution in [0.2, 0.25) is 0 Å². The zero-order valence-electron chi connectivity index (χ0n) is 15.8. The van der Waals surface area contributed by atoms with Gasteiger partial charge in [-0.25, -0.2) is 0 Å². The van der Waals surface area contributed by atoms with Crippen molar-refractivity contribution >= 4 is 17.7 Å². The monoisotopic (exact) mass is 348 g/mol. The number of primary amides is 1. The summed E-state index contributed by atoms with van der Waals surface area (Å²) in [5, 5.41) is 12.6. The number of hydrogen-bond donors (Lipinski definition) is 3. The van der Waals surface area contributed by atoms with Crippen LogP contribution in [0.25, 0.3) is 0 Å². The highest BCUT2D eigenvalue weighted by molar-refractivity contribution is 6.37. The highest BCUT2D eigenvalue weighted by Gasteiger charge is 2.26. The number of benzene rings is 1. The second kappa shape index (κ2) is 7.25. The summed E-state index contributed by atoms with van der Waals surface area (Å²) in [6, 6.07) is 3.77. The lowest BCUT2D eigenvalue weighted by atomic mass is 9.78. The molecule has 3 amide bonds. The van der Waals surface area contributed by atoms with Gasteiger partial charge >= 0.3 is 11.8 Å². The number of carbonyl (C=O) groups excluding carboxylic acids is 3. The Labute approximate surface area is 148 Å². The maximum Gasteiger partial charge on any atom is 0.315 e. The third kappa shape index (κ3) is 5.59. The van der Waals surface area contributed by atoms with Crippen LogP contribution in [-0.2, 0) is 31.6 Å². The van der Waals surface area contributed by atoms with Gasteiger partial charge < -0.3 is 10.8 Å². The molecule has 0 atom stereocenters. The highest BCUT2D eigenvalue weighted by Crippen LogP contribution is 2.39. The zero-order valence-corrected chi connectivity index (χ0v) is 15.8. The number of aromatic hydroxyl groups is 1. The second-order valence-corrected chi connectivity index (χ2v) is 8.28. The first-order valence-corrected chi connectivity index (χ1v) is 8.24. The summed E-state index contributed by atoms with van der Waals surface area (Å²) in [6.45, 7) is 12.1. The molecule has 0 spiro atoms. The number of phenols is 1. The van der Waals surface area contributed by atoms with Crippen LogP contribution in [0.4, 0.5) is 0 Å². The SMILES string of the molecule is CC(C)(C)c1cc(CCC(=O)NC(=O)C(N)=O)cc(C(C)(C)C)c1O. The quantitative estimate of drug-likeness (QED) is 0.726. The lowest BCUT2D eigenvalue weighted by Gasteiger charge is -2.28. The number of amides is 3. The summed E-state index contributed by atoms with van der Waals surface area (Å²) in [5.74, 6) is -2.59. The number of rotatable bonds is 3. The number of aryl methyl sites for hydroxylation is 1. The molecule has 0 aliphatic rings. The highest BCUT2D eigenvalue weighted by atomic mass is 16.3. The molecule has 0 saturated carbocycles. The van der Waals surface area contributed by atoms with Crippen LogP contribution in [0.15, 0.2) is 12.1 Å². The van der Waals surface area contributed by atoms with Gasteiger partial charge in [-0.2, -0.15) is 0 Å². The van der Waals surface area contributed by atoms with Crippen molar-refractivity contribution in [3.63, 3.8) is 0 Å². The molecule has 1 aromatic carbocycles. The van der Waals surface area contributed by atoms with E-state index in [4.69, 9.17) is 5.73 Å². The number of imide groups is 1. The van der Waals surface area contributed by atoms with Crippen molar-refractivity contribution in [2.75, 3.05) is 0 Å². The van der Waals surface area contributed by atoms with Crippen LogP contribution < -0.4 is 11.1 Å². The average Bonchev–Trinajstić information content (AvgIpc) is 2.43. The van der Waals surface area contributed by atoms with E-state index in [-0.39, 0.29) is 23.0 Å². The van der Waals surface area contributed by atoms with E-state index in [1.54, 1.807) is 0 Å². The predicted octanol–water partition coefficient (Wildman–Crippen LogP) is 2.05. The van der Waals surface area contributed by atoms with Crippen LogP contribution in [0.1, 0.15) is 64.7 Å². The molecular formula is C19H28N2O4. The molecule has 4 N–H and O–H groups in total. The Morgan fingerprint density at radius 3 is 1.80 bits per heavy atom. The van der Waals surface area contributed by atoms with Gasteiger partial charge in [-0.1, -0.05) is 53.7 Å². The molecule has 0 aliphatic carbocycles. The van der Waals surface area contributed by atoms with Crippen LogP contribution in [-0.4, -0.2) is 22.8 Å². The Morgan fingerprint density at radius 2 is 1.44 bits per heavy atom. The molecule has 0 fully saturated rings. The van der Waals surface area contributed by atoms with Crippen molar-refractivity contribution in [2.24, 2.45) is 5.73 Å². The van der Waals surface area contributed by atoms with Crippen LogP contribution in [0.5, 0.6) is 5.75 Å². The van der Waals surface area contributed by atoms with Crippen LogP contribution >= 0.6 is 0 Å². The molecule has 0 radical (unpaired) electrons. The molecule has 0 aromatic heterocycles. The second-order valence-electron chi connectivity index (χ2n) is 8.28. The lowest BCUT2D eigenvalue weighted by Crippen LogP contribution is -2.39. The largest absolute Gasteiger partial charge is 0.507 e. The number of nitrogens with one attached hydrogen (secondary N) is 1. The van der Waals surface area contributed by atoms with Gasteiger partial charge in [0, 0.05) is 6.42 Å². The van der Waals surface area contributed by atoms with Gasteiger partial charge in [0.05, 0.1) is 0 Å². The van der Waals surface area contributed by atoms with Gasteiger partial charge in [0.15, 0.2) is 0 Å². The van der Waals surface area contributed by atoms with Crippen LogP contribution in [0.3, 0.4) is 0 Å². The molecule has 138 valence electrons. The molecule has 1 aromatic rings. The minimum Gasteiger partial charge on any atom is -0.507 e. The predicted molar refractivity (Wildman–Crippen MR) is 96.2 cm³/mol. The summed E-state index contributed by atoms with van der Waals surface area (Å²) in [6.07, 6.45) is 0.418. The van der Waals surface area contributed by atoms with E-state index >= 15 is 0 Å². The number of phenolic OH excluding ortho intramolecular Hbond substituents is 1. The summed E-state index contributed by atoms with van der Waals surface area (Å²) < 4.78 is 0. The molecule has 1 rings (SSSR count). The van der Waals surface area contributed by atoms with Crippen molar-refractivity contribution in [2.45, 2.75) is 65.2 Å². The standard InChI is InChI=1S/C19H28N2O4/c1-18(2,3)12-9-11(10-13(15(12)23)19(4,5)6)7-8-14(22)21-17(25)16(20)24/h9-10,23H,7-8H2,1-6H3,(H2,20,24)(H,21,22,25). The lowest BCUT2D eigenvalue weighted by molar-refractivity contribution is -0.140. The van der Waals surface area contributed by atoms with Gasteiger partial charge in [-0.3, -0.25) is 19.7 Å². The zero-order chi connectivity index (χ0) is 19.6. The average molecular weight is 348 g/mol. The van der Waals surface area contributed by atoms with E-state index in [1.807, 2.05) is 59.0 Å². The molecule has 0 unspecified atom stereocenters. The van der Waals surface area contributed by atoms with Gasteiger partial charge in [0.1, 0.15) is 5.75 Å². The third-order valence-electron chi connectivity index (χ3n) is 3.90. The van der Waals surface area contributed by atoms with E-state index in [0.29, 0.717) is 6.42 Å². The van der Waals surface area contributed by atoms with Crippen molar-refractivity contribution in [3.8, 4) is 5.75 Å². The Kier molecular flexibility index (Phi) is 6.00. The summed E-state index contributed by atoms with van der Waals surface area (Å²) >= 11 is 0. The fourth-order valence-electron chi connectivity index (χ4n) is 2.49. The summed E-state index contributed by atoms with van der Waals surface area (Å²) in [7, 11) is 0.